The molecule has 4 N–H and O–H groups in total. The van der Waals surface area contributed by atoms with Crippen LogP contribution in [0, 0.1) is 10.8 Å². The van der Waals surface area contributed by atoms with Crippen LogP contribution in [-0.4, -0.2) is 44.5 Å². The van der Waals surface area contributed by atoms with Crippen LogP contribution in [0.1, 0.15) is 50.2 Å². The minimum absolute atomic E-state index is 0.0599. The number of amidine groups is 1. The topological polar surface area (TPSA) is 121 Å². The van der Waals surface area contributed by atoms with Crippen molar-refractivity contribution in [2.45, 2.75) is 44.9 Å². The molecule has 2 heterocycles. The molecule has 8 heteroatoms. The van der Waals surface area contributed by atoms with E-state index in [9.17, 15) is 5.11 Å². The van der Waals surface area contributed by atoms with Crippen molar-refractivity contribution in [3.63, 3.8) is 0 Å². The summed E-state index contributed by atoms with van der Waals surface area (Å²) in [5.74, 6) is 0.667. The number of aromatic nitrogens is 2. The van der Waals surface area contributed by atoms with E-state index in [0.29, 0.717) is 17.3 Å². The van der Waals surface area contributed by atoms with Crippen LogP contribution in [0.5, 0.6) is 0 Å². The molecular formula is C24H29N7O. The molecule has 1 unspecified atom stereocenters. The summed E-state index contributed by atoms with van der Waals surface area (Å²) < 4.78 is 0. The van der Waals surface area contributed by atoms with Gasteiger partial charge in [0, 0.05) is 35.6 Å². The summed E-state index contributed by atoms with van der Waals surface area (Å²) in [6.45, 7) is 7.41. The van der Waals surface area contributed by atoms with E-state index in [-0.39, 0.29) is 11.9 Å². The van der Waals surface area contributed by atoms with E-state index in [1.54, 1.807) is 18.3 Å². The molecule has 166 valence electrons. The number of allylic oxidation sites excluding steroid dienone is 2. The molecule has 1 fully saturated rings. The Morgan fingerprint density at radius 2 is 2.06 bits per heavy atom. The molecule has 0 bridgehead atoms. The number of pyridine rings is 2. The predicted molar refractivity (Wildman–Crippen MR) is 128 cm³/mol. The van der Waals surface area contributed by atoms with Gasteiger partial charge in [-0.3, -0.25) is 20.8 Å². The Morgan fingerprint density at radius 1 is 1.28 bits per heavy atom. The number of nitrogens with one attached hydrogen (secondary N) is 3. The van der Waals surface area contributed by atoms with Crippen molar-refractivity contribution < 1.29 is 5.11 Å². The maximum absolute atomic E-state index is 10.5. The lowest BCUT2D eigenvalue weighted by atomic mass is 10.1. The van der Waals surface area contributed by atoms with Gasteiger partial charge in [-0.2, -0.15) is 0 Å². The lowest BCUT2D eigenvalue weighted by Crippen LogP contribution is -2.35. The second-order valence-electron chi connectivity index (χ2n) is 7.81. The van der Waals surface area contributed by atoms with Gasteiger partial charge in [0.2, 0.25) is 0 Å². The third kappa shape index (κ3) is 5.73. The van der Waals surface area contributed by atoms with Gasteiger partial charge < -0.3 is 15.3 Å². The van der Waals surface area contributed by atoms with Crippen molar-refractivity contribution in [2.75, 3.05) is 0 Å². The van der Waals surface area contributed by atoms with Crippen LogP contribution < -0.4 is 5.32 Å². The highest BCUT2D eigenvalue weighted by Gasteiger charge is 2.24. The molecule has 1 atom stereocenters. The van der Waals surface area contributed by atoms with E-state index < -0.39 is 6.23 Å². The number of nitrogens with zero attached hydrogens (tertiary/aromatic N) is 4. The molecule has 0 radical (unpaired) electrons. The predicted octanol–water partition coefficient (Wildman–Crippen LogP) is 3.99. The molecule has 2 aromatic rings. The van der Waals surface area contributed by atoms with Crippen LogP contribution in [0.25, 0.3) is 11.1 Å². The number of aliphatic imine (C=N–C) groups is 1. The molecule has 1 aliphatic carbocycles. The fraction of sp³-hybridized carbons (Fsp3) is 0.292. The van der Waals surface area contributed by atoms with Gasteiger partial charge in [0.1, 0.15) is 5.70 Å². The highest BCUT2D eigenvalue weighted by atomic mass is 16.3. The van der Waals surface area contributed by atoms with Gasteiger partial charge in [0.25, 0.3) is 0 Å². The standard InChI is InChI=1S/C24H29N7O/c1-4-5-21(23(26)31(14-25)16(2)3)29-15-30-24(32)22-12-18(10-11-27-22)19-8-9-20(28-13-19)17-6-7-17/h4-5,8-17,24-26,32H,1,6-7H2,2-3H3,(H,29,30)/b21-5-,25-14?,26-23?. The Hall–Kier alpha value is -3.65. The van der Waals surface area contributed by atoms with Gasteiger partial charge in [0.15, 0.2) is 12.1 Å². The fourth-order valence-electron chi connectivity index (χ4n) is 3.14. The van der Waals surface area contributed by atoms with Crippen LogP contribution in [-0.2, 0) is 0 Å². The van der Waals surface area contributed by atoms with E-state index in [0.717, 1.165) is 23.2 Å². The first-order valence-electron chi connectivity index (χ1n) is 10.5. The number of hydrogen-bond donors (Lipinski definition) is 4. The largest absolute Gasteiger partial charge is 0.368 e. The van der Waals surface area contributed by atoms with Crippen LogP contribution in [0.2, 0.25) is 0 Å². The Bertz CT molecular complexity index is 1020. The zero-order chi connectivity index (χ0) is 23.1. The van der Waals surface area contributed by atoms with Gasteiger partial charge in [-0.25, -0.2) is 4.99 Å². The van der Waals surface area contributed by atoms with Gasteiger partial charge in [-0.1, -0.05) is 18.7 Å². The van der Waals surface area contributed by atoms with Crippen molar-refractivity contribution in [3.05, 3.63) is 72.5 Å². The van der Waals surface area contributed by atoms with Crippen LogP contribution in [0.3, 0.4) is 0 Å². The maximum Gasteiger partial charge on any atom is 0.168 e. The quantitative estimate of drug-likeness (QED) is 0.196. The summed E-state index contributed by atoms with van der Waals surface area (Å²) in [6, 6.07) is 7.72. The third-order valence-corrected chi connectivity index (χ3v) is 5.08. The molecule has 32 heavy (non-hydrogen) atoms. The number of aliphatic hydroxyl groups is 1. The Morgan fingerprint density at radius 3 is 2.66 bits per heavy atom. The molecule has 0 aliphatic heterocycles. The molecule has 0 spiro atoms. The van der Waals surface area contributed by atoms with Crippen LogP contribution in [0.4, 0.5) is 0 Å². The first kappa shape index (κ1) is 23.0. The van der Waals surface area contributed by atoms with Gasteiger partial charge in [-0.15, -0.1) is 0 Å². The average molecular weight is 432 g/mol. The monoisotopic (exact) mass is 431 g/mol. The summed E-state index contributed by atoms with van der Waals surface area (Å²) >= 11 is 0. The fourth-order valence-corrected chi connectivity index (χ4v) is 3.14. The lowest BCUT2D eigenvalue weighted by Gasteiger charge is -2.23. The van der Waals surface area contributed by atoms with E-state index >= 15 is 0 Å². The summed E-state index contributed by atoms with van der Waals surface area (Å²) in [4.78, 5) is 14.5. The first-order chi connectivity index (χ1) is 15.4. The third-order valence-electron chi connectivity index (χ3n) is 5.08. The van der Waals surface area contributed by atoms with E-state index in [1.165, 1.54) is 30.2 Å². The Kier molecular flexibility index (Phi) is 7.62. The normalized spacial score (nSPS) is 14.9. The summed E-state index contributed by atoms with van der Waals surface area (Å²) in [5, 5.41) is 29.1. The van der Waals surface area contributed by atoms with E-state index in [1.807, 2.05) is 32.2 Å². The molecular weight excluding hydrogens is 402 g/mol. The Labute approximate surface area is 188 Å². The zero-order valence-electron chi connectivity index (χ0n) is 18.4. The van der Waals surface area contributed by atoms with E-state index in [4.69, 9.17) is 10.8 Å². The van der Waals surface area contributed by atoms with Gasteiger partial charge >= 0.3 is 0 Å². The first-order valence-corrected chi connectivity index (χ1v) is 10.5. The van der Waals surface area contributed by atoms with Gasteiger partial charge in [0.05, 0.1) is 18.4 Å². The number of rotatable bonds is 10. The molecule has 0 aromatic carbocycles. The van der Waals surface area contributed by atoms with Crippen molar-refractivity contribution >= 4 is 18.5 Å². The van der Waals surface area contributed by atoms with Gasteiger partial charge in [-0.05, 0) is 56.5 Å². The van der Waals surface area contributed by atoms with Crippen molar-refractivity contribution in [1.29, 1.82) is 10.8 Å². The molecule has 0 saturated heterocycles. The lowest BCUT2D eigenvalue weighted by molar-refractivity contribution is 0.160. The number of aliphatic hydroxyl groups excluding tert-OH is 1. The minimum atomic E-state index is -1.08. The van der Waals surface area contributed by atoms with Crippen LogP contribution >= 0.6 is 0 Å². The van der Waals surface area contributed by atoms with Crippen LogP contribution in [0.15, 0.2) is 66.1 Å². The van der Waals surface area contributed by atoms with Crippen molar-refractivity contribution in [1.82, 2.24) is 20.2 Å². The highest BCUT2D eigenvalue weighted by molar-refractivity contribution is 6.02. The summed E-state index contributed by atoms with van der Waals surface area (Å²) in [7, 11) is 0. The minimum Gasteiger partial charge on any atom is -0.368 e. The summed E-state index contributed by atoms with van der Waals surface area (Å²) in [6.07, 6.45) is 10.3. The smallest absolute Gasteiger partial charge is 0.168 e. The van der Waals surface area contributed by atoms with Crippen molar-refractivity contribution in [2.24, 2.45) is 4.99 Å². The molecule has 1 saturated carbocycles. The van der Waals surface area contributed by atoms with Crippen molar-refractivity contribution in [3.8, 4) is 11.1 Å². The molecule has 8 nitrogen and oxygen atoms in total. The number of hydrogen-bond acceptors (Lipinski definition) is 6. The SMILES string of the molecule is C=C/C=C(\N=C\NC(O)c1cc(-c2ccc(C3CC3)nc2)ccn1)C(=N)N(C=N)C(C)C. The maximum atomic E-state index is 10.5. The second-order valence-corrected chi connectivity index (χ2v) is 7.81. The zero-order valence-corrected chi connectivity index (χ0v) is 18.4. The second kappa shape index (κ2) is 10.6. The molecule has 1 aliphatic rings. The average Bonchev–Trinajstić information content (AvgIpc) is 3.64. The molecule has 3 rings (SSSR count). The molecule has 0 amide bonds. The summed E-state index contributed by atoms with van der Waals surface area (Å²) in [5.41, 5.74) is 3.75. The van der Waals surface area contributed by atoms with E-state index in [2.05, 4.69) is 32.9 Å². The highest BCUT2D eigenvalue weighted by Crippen LogP contribution is 2.39. The molecule has 2 aromatic heterocycles. The Balaban J connectivity index is 1.68.